The smallest absolute Gasteiger partial charge is 0.410 e. The van der Waals surface area contributed by atoms with Crippen LogP contribution < -0.4 is 5.32 Å². The zero-order valence-corrected chi connectivity index (χ0v) is 32.6. The van der Waals surface area contributed by atoms with E-state index in [1.165, 1.54) is 11.8 Å². The normalized spacial score (nSPS) is 14.1. The van der Waals surface area contributed by atoms with E-state index in [1.54, 1.807) is 93.5 Å². The quantitative estimate of drug-likeness (QED) is 0.153. The molecular formula is C36H51N9O10. The fourth-order valence-corrected chi connectivity index (χ4v) is 5.38. The second-order valence-corrected chi connectivity index (χ2v) is 14.8. The molecule has 3 aromatic rings. The van der Waals surface area contributed by atoms with Gasteiger partial charge < -0.3 is 34.4 Å². The molecule has 0 aliphatic carbocycles. The number of aromatic nitrogens is 6. The van der Waals surface area contributed by atoms with Crippen molar-refractivity contribution in [1.82, 2.24) is 45.1 Å². The molecule has 1 saturated heterocycles. The molecule has 3 heterocycles. The number of nitrogens with one attached hydrogen (secondary N) is 1. The first-order valence-corrected chi connectivity index (χ1v) is 17.8. The number of aliphatic hydroxyl groups excluding tert-OH is 1. The van der Waals surface area contributed by atoms with Gasteiger partial charge in [0.15, 0.2) is 6.04 Å². The Morgan fingerprint density at radius 3 is 1.89 bits per heavy atom. The summed E-state index contributed by atoms with van der Waals surface area (Å²) in [5.41, 5.74) is 1.15. The lowest BCUT2D eigenvalue weighted by molar-refractivity contribution is -0.191. The minimum Gasteiger partial charge on any atom is -0.467 e. The van der Waals surface area contributed by atoms with Crippen LogP contribution in [0, 0.1) is 0 Å². The molecule has 19 nitrogen and oxygen atoms in total. The van der Waals surface area contributed by atoms with Crippen LogP contribution in [0.4, 0.5) is 9.59 Å². The van der Waals surface area contributed by atoms with Crippen molar-refractivity contribution in [3.05, 3.63) is 36.2 Å². The van der Waals surface area contributed by atoms with Gasteiger partial charge in [0.05, 0.1) is 32.2 Å². The van der Waals surface area contributed by atoms with Crippen molar-refractivity contribution in [1.29, 1.82) is 0 Å². The van der Waals surface area contributed by atoms with Gasteiger partial charge in [0.2, 0.25) is 0 Å². The fraction of sp³-hybridized carbons (Fsp3) is 0.583. The monoisotopic (exact) mass is 769 g/mol. The van der Waals surface area contributed by atoms with Crippen LogP contribution in [0.15, 0.2) is 30.6 Å². The van der Waals surface area contributed by atoms with Crippen molar-refractivity contribution in [3.8, 4) is 22.5 Å². The molecule has 4 rings (SSSR count). The average molecular weight is 770 g/mol. The Kier molecular flexibility index (Phi) is 15.6. The standard InChI is InChI=1S/C35H51N9O8.CO2/c1-23(22-45)43-20-27(37-39-43)24-17-25(19-26(18-24)30(46)41-13-15-42(16-14-41)33(49)52-35(5,6)7)28-21-44(40-38-28)29(31(47)50-8)11-9-10-12-36-32(48)51-34(2,3)4;2-1-3/h17-21,23,29,45H,9-16,22H2,1-8H3,(H,36,48);/t23-,29+;/m1./s1. The molecule has 0 saturated carbocycles. The Labute approximate surface area is 319 Å². The second-order valence-electron chi connectivity index (χ2n) is 14.8. The summed E-state index contributed by atoms with van der Waals surface area (Å²) in [5, 5.41) is 29.4. The molecule has 1 aliphatic heterocycles. The number of rotatable bonds is 12. The molecule has 1 aliphatic rings. The zero-order valence-electron chi connectivity index (χ0n) is 32.6. The van der Waals surface area contributed by atoms with E-state index in [1.807, 2.05) is 0 Å². The number of benzene rings is 1. The van der Waals surface area contributed by atoms with Gasteiger partial charge >= 0.3 is 24.3 Å². The Balaban J connectivity index is 0.00000262. The number of hydrogen-bond acceptors (Lipinski definition) is 14. The minimum absolute atomic E-state index is 0.132. The van der Waals surface area contributed by atoms with Crippen molar-refractivity contribution >= 4 is 30.2 Å². The van der Waals surface area contributed by atoms with E-state index in [9.17, 15) is 24.3 Å². The fourth-order valence-electron chi connectivity index (χ4n) is 5.38. The number of aliphatic hydroxyl groups is 1. The number of esters is 1. The largest absolute Gasteiger partial charge is 0.467 e. The van der Waals surface area contributed by atoms with Gasteiger partial charge in [0.25, 0.3) is 5.91 Å². The van der Waals surface area contributed by atoms with Crippen molar-refractivity contribution in [2.75, 3.05) is 46.4 Å². The number of carbonyl (C=O) groups is 4. The molecule has 55 heavy (non-hydrogen) atoms. The summed E-state index contributed by atoms with van der Waals surface area (Å²) in [7, 11) is 1.30. The van der Waals surface area contributed by atoms with Crippen LogP contribution in [0.5, 0.6) is 0 Å². The number of piperazine rings is 1. The van der Waals surface area contributed by atoms with E-state index in [4.69, 9.17) is 23.8 Å². The Morgan fingerprint density at radius 1 is 0.836 bits per heavy atom. The summed E-state index contributed by atoms with van der Waals surface area (Å²) in [5.74, 6) is -0.746. The van der Waals surface area contributed by atoms with E-state index in [2.05, 4.69) is 25.9 Å². The van der Waals surface area contributed by atoms with Gasteiger partial charge in [-0.3, -0.25) is 4.79 Å². The molecule has 19 heteroatoms. The molecule has 0 radical (unpaired) electrons. The van der Waals surface area contributed by atoms with Gasteiger partial charge in [-0.05, 0) is 85.9 Å². The zero-order chi connectivity index (χ0) is 40.9. The van der Waals surface area contributed by atoms with E-state index in [0.29, 0.717) is 80.1 Å². The highest BCUT2D eigenvalue weighted by molar-refractivity contribution is 5.97. The lowest BCUT2D eigenvalue weighted by atomic mass is 10.0. The van der Waals surface area contributed by atoms with Gasteiger partial charge in [-0.25, -0.2) is 23.7 Å². The van der Waals surface area contributed by atoms with Crippen LogP contribution in [0.2, 0.25) is 0 Å². The summed E-state index contributed by atoms with van der Waals surface area (Å²) >= 11 is 0. The van der Waals surface area contributed by atoms with Crippen LogP contribution in [0.3, 0.4) is 0 Å². The van der Waals surface area contributed by atoms with Crippen LogP contribution in [0.1, 0.15) is 90.2 Å². The first-order chi connectivity index (χ1) is 25.9. The highest BCUT2D eigenvalue weighted by Gasteiger charge is 2.29. The summed E-state index contributed by atoms with van der Waals surface area (Å²) < 4.78 is 18.8. The maximum atomic E-state index is 13.9. The first kappa shape index (κ1) is 43.7. The van der Waals surface area contributed by atoms with Gasteiger partial charge in [-0.2, -0.15) is 9.59 Å². The Hall–Kier alpha value is -5.68. The average Bonchev–Trinajstić information content (AvgIpc) is 3.82. The van der Waals surface area contributed by atoms with Crippen molar-refractivity contribution in [2.45, 2.75) is 91.0 Å². The molecule has 2 N–H and O–H groups in total. The van der Waals surface area contributed by atoms with Crippen molar-refractivity contribution in [2.24, 2.45) is 0 Å². The van der Waals surface area contributed by atoms with E-state index in [-0.39, 0.29) is 24.7 Å². The number of nitrogens with zero attached hydrogens (tertiary/aromatic N) is 8. The molecular weight excluding hydrogens is 718 g/mol. The van der Waals surface area contributed by atoms with Crippen LogP contribution >= 0.6 is 0 Å². The molecule has 0 bridgehead atoms. The third-order valence-electron chi connectivity index (χ3n) is 8.09. The SMILES string of the molecule is COC(=O)[C@H](CCCCNC(=O)OC(C)(C)C)n1cc(-c2cc(C(=O)N3CCN(C(=O)OC(C)(C)C)CC3)cc(-c3cn([C@H](C)CO)nn3)c2)nn1.O=C=O. The predicted octanol–water partition coefficient (Wildman–Crippen LogP) is 3.28. The van der Waals surface area contributed by atoms with Crippen LogP contribution in [-0.2, 0) is 28.6 Å². The molecule has 1 aromatic carbocycles. The Morgan fingerprint density at radius 2 is 1.36 bits per heavy atom. The van der Waals surface area contributed by atoms with E-state index < -0.39 is 35.4 Å². The van der Waals surface area contributed by atoms with E-state index >= 15 is 0 Å². The van der Waals surface area contributed by atoms with Crippen molar-refractivity contribution in [3.63, 3.8) is 0 Å². The van der Waals surface area contributed by atoms with Crippen molar-refractivity contribution < 1.29 is 48.1 Å². The lowest BCUT2D eigenvalue weighted by Crippen LogP contribution is -2.51. The molecule has 0 unspecified atom stereocenters. The van der Waals surface area contributed by atoms with Gasteiger partial charge in [-0.1, -0.05) is 10.4 Å². The third kappa shape index (κ3) is 13.3. The van der Waals surface area contributed by atoms with Gasteiger partial charge in [0.1, 0.15) is 22.6 Å². The number of amides is 3. The maximum absolute atomic E-state index is 13.9. The topological polar surface area (TPSA) is 230 Å². The van der Waals surface area contributed by atoms with Gasteiger partial charge in [0, 0.05) is 49.4 Å². The lowest BCUT2D eigenvalue weighted by Gasteiger charge is -2.35. The predicted molar refractivity (Wildman–Crippen MR) is 194 cm³/mol. The summed E-state index contributed by atoms with van der Waals surface area (Å²) in [6.07, 6.45) is 4.16. The summed E-state index contributed by atoms with van der Waals surface area (Å²) in [6.45, 7) is 14.1. The highest BCUT2D eigenvalue weighted by atomic mass is 16.6. The number of alkyl carbamates (subject to hydrolysis) is 1. The first-order valence-electron chi connectivity index (χ1n) is 17.8. The second kappa shape index (κ2) is 19.6. The molecule has 2 aromatic heterocycles. The molecule has 0 spiro atoms. The third-order valence-corrected chi connectivity index (χ3v) is 8.09. The number of carbonyl (C=O) groups excluding carboxylic acids is 6. The summed E-state index contributed by atoms with van der Waals surface area (Å²) in [6, 6.07) is 4.14. The number of methoxy groups -OCH3 is 1. The minimum atomic E-state index is -0.779. The van der Waals surface area contributed by atoms with Crippen LogP contribution in [0.25, 0.3) is 22.5 Å². The molecule has 3 amide bonds. The Bertz CT molecular complexity index is 1800. The van der Waals surface area contributed by atoms with Crippen LogP contribution in [-0.4, -0.2) is 133 Å². The molecule has 300 valence electrons. The van der Waals surface area contributed by atoms with E-state index in [0.717, 1.165) is 0 Å². The summed E-state index contributed by atoms with van der Waals surface area (Å²) in [4.78, 5) is 70.9. The molecule has 2 atom stereocenters. The maximum Gasteiger partial charge on any atom is 0.410 e. The number of unbranched alkanes of at least 4 members (excludes halogenated alkanes) is 1. The number of hydrogen-bond donors (Lipinski definition) is 2. The number of ether oxygens (including phenoxy) is 3. The van der Waals surface area contributed by atoms with Gasteiger partial charge in [-0.15, -0.1) is 10.2 Å². The highest BCUT2D eigenvalue weighted by Crippen LogP contribution is 2.29. The molecule has 1 fully saturated rings.